The van der Waals surface area contributed by atoms with Crippen LogP contribution in [0.15, 0.2) is 82.4 Å². The molecule has 4 N–H and O–H groups in total. The average Bonchev–Trinajstić information content (AvgIpc) is 3.22. The molecule has 2 heterocycles. The number of nitrogens with two attached hydrogens (primary N) is 2. The fraction of sp³-hybridized carbons (Fsp3) is 0.560. The molecule has 0 aliphatic carbocycles. The summed E-state index contributed by atoms with van der Waals surface area (Å²) in [5.41, 5.74) is 18.0. The van der Waals surface area contributed by atoms with Crippen LogP contribution in [0.2, 0.25) is 0 Å². The minimum atomic E-state index is 0.173. The van der Waals surface area contributed by atoms with Crippen molar-refractivity contribution in [1.29, 1.82) is 0 Å². The molecular formula is C50H84N8O2. The number of likely N-dealkylation sites (N-methyl/N-ethyl adjacent to an activating group) is 1. The number of hydrogen-bond acceptors (Lipinski definition) is 8. The molecule has 1 atom stereocenters. The highest BCUT2D eigenvalue weighted by molar-refractivity contribution is 5.98. The molecular weight excluding hydrogens is 745 g/mol. The summed E-state index contributed by atoms with van der Waals surface area (Å²) < 4.78 is 6.14. The molecule has 3 rings (SSSR count). The van der Waals surface area contributed by atoms with Gasteiger partial charge in [0.2, 0.25) is 5.91 Å². The molecule has 10 heteroatoms. The molecule has 10 nitrogen and oxygen atoms in total. The Bertz CT molecular complexity index is 1700. The SMILES string of the molecule is C/C=N\N1C=CC(Oc2ccc(N=C(N)c3nc(C)c(C)cc3C)cc2C)=C/C1=C\CC.CC.CCC(C)CCN(CC(CC)CC)C(=O)/C=C/CN(C)C.CCCCN. The van der Waals surface area contributed by atoms with E-state index in [1.165, 1.54) is 19.3 Å². The number of allylic oxidation sites excluding steroid dienone is 3. The van der Waals surface area contributed by atoms with Crippen LogP contribution in [0, 0.1) is 39.5 Å². The summed E-state index contributed by atoms with van der Waals surface area (Å²) in [6, 6.07) is 7.86. The van der Waals surface area contributed by atoms with Crippen molar-refractivity contribution in [3.05, 3.63) is 100 Å². The van der Waals surface area contributed by atoms with Crippen molar-refractivity contribution in [3.8, 4) is 5.75 Å². The topological polar surface area (TPSA) is 126 Å². The van der Waals surface area contributed by atoms with Crippen molar-refractivity contribution >= 4 is 23.6 Å². The van der Waals surface area contributed by atoms with Gasteiger partial charge in [0.1, 0.15) is 23.0 Å². The van der Waals surface area contributed by atoms with E-state index in [1.807, 2.05) is 110 Å². The second-order valence-corrected chi connectivity index (χ2v) is 15.3. The van der Waals surface area contributed by atoms with E-state index in [1.54, 1.807) is 12.3 Å². The third kappa shape index (κ3) is 21.6. The van der Waals surface area contributed by atoms with Gasteiger partial charge in [-0.25, -0.2) is 15.0 Å². The number of unbranched alkanes of at least 4 members (excludes halogenated alkanes) is 1. The fourth-order valence-corrected chi connectivity index (χ4v) is 5.79. The number of pyridine rings is 1. The van der Waals surface area contributed by atoms with Crippen molar-refractivity contribution < 1.29 is 9.53 Å². The van der Waals surface area contributed by atoms with E-state index >= 15 is 0 Å². The molecule has 0 saturated carbocycles. The third-order valence-electron chi connectivity index (χ3n) is 9.95. The number of ether oxygens (including phenoxy) is 1. The number of nitrogens with zero attached hydrogens (tertiary/aromatic N) is 6. The van der Waals surface area contributed by atoms with Crippen molar-refractivity contribution in [2.75, 3.05) is 40.3 Å². The van der Waals surface area contributed by atoms with Gasteiger partial charge in [-0.1, -0.05) is 99.3 Å². The lowest BCUT2D eigenvalue weighted by Gasteiger charge is -2.27. The number of rotatable bonds is 19. The number of aromatic nitrogens is 1. The van der Waals surface area contributed by atoms with Crippen molar-refractivity contribution in [3.63, 3.8) is 0 Å². The number of benzene rings is 1. The van der Waals surface area contributed by atoms with E-state index < -0.39 is 0 Å². The zero-order valence-electron chi connectivity index (χ0n) is 40.4. The number of amides is 1. The predicted octanol–water partition coefficient (Wildman–Crippen LogP) is 11.3. The lowest BCUT2D eigenvalue weighted by molar-refractivity contribution is -0.126. The fourth-order valence-electron chi connectivity index (χ4n) is 5.79. The molecule has 0 spiro atoms. The molecule has 0 saturated heterocycles. The minimum Gasteiger partial charge on any atom is -0.457 e. The Hall–Kier alpha value is -4.54. The van der Waals surface area contributed by atoms with Crippen LogP contribution in [0.25, 0.3) is 0 Å². The van der Waals surface area contributed by atoms with Crippen LogP contribution in [0.1, 0.15) is 135 Å². The normalized spacial score (nSPS) is 13.8. The van der Waals surface area contributed by atoms with E-state index in [2.05, 4.69) is 78.6 Å². The Kier molecular flexibility index (Phi) is 29.8. The number of amidine groups is 1. The van der Waals surface area contributed by atoms with E-state index in [0.717, 1.165) is 103 Å². The smallest absolute Gasteiger partial charge is 0.246 e. The first kappa shape index (κ1) is 55.5. The van der Waals surface area contributed by atoms with Gasteiger partial charge in [-0.15, -0.1) is 0 Å². The highest BCUT2D eigenvalue weighted by Crippen LogP contribution is 2.28. The van der Waals surface area contributed by atoms with Gasteiger partial charge in [0.15, 0.2) is 0 Å². The standard InChI is InChI=1S/C26H31N5O.C18H36N2O.C4H11N.C2H6/c1-7-9-22-16-23(12-13-31(22)28-8-2)32-24-11-10-21(15-18(24)4)30-26(27)25-19(5)14-17(3)20(6)29-25;1-7-16(4)12-14-20(15-17(8-2)9-3)18(21)11-10-13-19(5)6;1-2-3-4-5;1-2/h8-16H,7H2,1-6H3,(H2,27,30);10-11,16-17H,7-9,12-15H2,1-6H3;2-5H2,1H3;1-2H3/b22-9+,28-8-;11-10+;;. The van der Waals surface area contributed by atoms with Crippen LogP contribution in [0.3, 0.4) is 0 Å². The lowest BCUT2D eigenvalue weighted by Crippen LogP contribution is -2.35. The van der Waals surface area contributed by atoms with Crippen molar-refractivity contribution in [1.82, 2.24) is 19.8 Å². The first-order valence-corrected chi connectivity index (χ1v) is 22.4. The molecule has 1 amide bonds. The van der Waals surface area contributed by atoms with Gasteiger partial charge >= 0.3 is 0 Å². The lowest BCUT2D eigenvalue weighted by atomic mass is 10.0. The second-order valence-electron chi connectivity index (χ2n) is 15.3. The highest BCUT2D eigenvalue weighted by atomic mass is 16.5. The van der Waals surface area contributed by atoms with Gasteiger partial charge in [-0.05, 0) is 127 Å². The Morgan fingerprint density at radius 1 is 0.983 bits per heavy atom. The summed E-state index contributed by atoms with van der Waals surface area (Å²) in [5.74, 6) is 3.40. The molecule has 1 aromatic heterocycles. The number of hydrazone groups is 1. The summed E-state index contributed by atoms with van der Waals surface area (Å²) in [6.07, 6.45) is 21.2. The van der Waals surface area contributed by atoms with Crippen LogP contribution in [0.4, 0.5) is 5.69 Å². The molecule has 0 radical (unpaired) electrons. The van der Waals surface area contributed by atoms with Crippen LogP contribution < -0.4 is 16.2 Å². The average molecular weight is 829 g/mol. The highest BCUT2D eigenvalue weighted by Gasteiger charge is 2.17. The number of aryl methyl sites for hydroxylation is 4. The van der Waals surface area contributed by atoms with Crippen LogP contribution in [-0.4, -0.2) is 78.0 Å². The second kappa shape index (κ2) is 32.3. The monoisotopic (exact) mass is 829 g/mol. The molecule has 1 unspecified atom stereocenters. The zero-order chi connectivity index (χ0) is 45.6. The maximum atomic E-state index is 12.4. The Morgan fingerprint density at radius 3 is 2.20 bits per heavy atom. The summed E-state index contributed by atoms with van der Waals surface area (Å²) >= 11 is 0. The minimum absolute atomic E-state index is 0.173. The predicted molar refractivity (Wildman–Crippen MR) is 260 cm³/mol. The molecule has 60 heavy (non-hydrogen) atoms. The summed E-state index contributed by atoms with van der Waals surface area (Å²) in [4.78, 5) is 25.7. The molecule has 1 aliphatic rings. The molecule has 336 valence electrons. The van der Waals surface area contributed by atoms with Gasteiger partial charge < -0.3 is 26.0 Å². The Morgan fingerprint density at radius 2 is 1.67 bits per heavy atom. The first-order chi connectivity index (χ1) is 28.7. The quantitative estimate of drug-likeness (QED) is 0.0820. The van der Waals surface area contributed by atoms with E-state index in [0.29, 0.717) is 17.7 Å². The number of hydrogen-bond donors (Lipinski definition) is 2. The van der Waals surface area contributed by atoms with Crippen molar-refractivity contribution in [2.45, 2.75) is 135 Å². The molecule has 0 bridgehead atoms. The van der Waals surface area contributed by atoms with Crippen molar-refractivity contribution in [2.24, 2.45) is 33.4 Å². The summed E-state index contributed by atoms with van der Waals surface area (Å²) in [5, 5.41) is 6.17. The van der Waals surface area contributed by atoms with Crippen LogP contribution in [-0.2, 0) is 4.79 Å². The molecule has 2 aromatic rings. The van der Waals surface area contributed by atoms with Gasteiger partial charge in [0.05, 0.1) is 11.4 Å². The first-order valence-electron chi connectivity index (χ1n) is 22.4. The van der Waals surface area contributed by atoms with Crippen LogP contribution >= 0.6 is 0 Å². The van der Waals surface area contributed by atoms with E-state index in [4.69, 9.17) is 16.2 Å². The Balaban J connectivity index is 0.00000107. The van der Waals surface area contributed by atoms with Crippen LogP contribution in [0.5, 0.6) is 5.75 Å². The summed E-state index contributed by atoms with van der Waals surface area (Å²) in [6.45, 7) is 30.5. The molecule has 0 fully saturated rings. The van der Waals surface area contributed by atoms with Gasteiger partial charge in [-0.2, -0.15) is 5.10 Å². The third-order valence-corrected chi connectivity index (χ3v) is 9.95. The zero-order valence-corrected chi connectivity index (χ0v) is 40.4. The van der Waals surface area contributed by atoms with E-state index in [9.17, 15) is 4.79 Å². The van der Waals surface area contributed by atoms with Gasteiger partial charge in [-0.3, -0.25) is 4.79 Å². The largest absolute Gasteiger partial charge is 0.457 e. The van der Waals surface area contributed by atoms with E-state index in [-0.39, 0.29) is 5.91 Å². The molecule has 1 aromatic carbocycles. The maximum Gasteiger partial charge on any atom is 0.246 e. The van der Waals surface area contributed by atoms with Gasteiger partial charge in [0.25, 0.3) is 0 Å². The maximum absolute atomic E-state index is 12.4. The number of aliphatic imine (C=N–C) groups is 1. The Labute approximate surface area is 366 Å². The summed E-state index contributed by atoms with van der Waals surface area (Å²) in [7, 11) is 4.03. The molecule has 1 aliphatic heterocycles. The number of carbonyl (C=O) groups excluding carboxylic acids is 1. The van der Waals surface area contributed by atoms with Gasteiger partial charge in [0, 0.05) is 49.9 Å². The number of carbonyl (C=O) groups is 1.